The average molecular weight is 365 g/mol. The zero-order chi connectivity index (χ0) is 19.0. The third-order valence-corrected chi connectivity index (χ3v) is 5.35. The molecule has 0 bridgehead atoms. The standard InChI is InChI=1S/C22H23NO4/c1-25-14-9-7-13(8-10-14)21-15-11-19(26-2)20(27-3)12-17(15)23-16-5-4-6-18(24)22(16)21/h7-12,21,23H,4-6H2,1-3H3. The summed E-state index contributed by atoms with van der Waals surface area (Å²) in [6.07, 6.45) is 2.35. The summed E-state index contributed by atoms with van der Waals surface area (Å²) in [7, 11) is 4.90. The van der Waals surface area contributed by atoms with Crippen LogP contribution in [0.25, 0.3) is 0 Å². The van der Waals surface area contributed by atoms with Gasteiger partial charge in [-0.05, 0) is 42.2 Å². The number of methoxy groups -OCH3 is 3. The van der Waals surface area contributed by atoms with E-state index in [2.05, 4.69) is 5.32 Å². The maximum atomic E-state index is 12.8. The van der Waals surface area contributed by atoms with Gasteiger partial charge in [-0.3, -0.25) is 4.79 Å². The highest BCUT2D eigenvalue weighted by Gasteiger charge is 2.35. The van der Waals surface area contributed by atoms with Crippen molar-refractivity contribution >= 4 is 11.5 Å². The molecule has 1 aliphatic carbocycles. The summed E-state index contributed by atoms with van der Waals surface area (Å²) in [5.41, 5.74) is 4.93. The molecule has 0 spiro atoms. The number of fused-ring (bicyclic) bond motifs is 1. The first-order valence-corrected chi connectivity index (χ1v) is 9.09. The molecule has 0 amide bonds. The van der Waals surface area contributed by atoms with Gasteiger partial charge in [0.1, 0.15) is 5.75 Å². The number of ether oxygens (including phenoxy) is 3. The summed E-state index contributed by atoms with van der Waals surface area (Å²) in [5, 5.41) is 3.48. The van der Waals surface area contributed by atoms with E-state index in [1.807, 2.05) is 36.4 Å². The maximum Gasteiger partial charge on any atom is 0.162 e. The van der Waals surface area contributed by atoms with Gasteiger partial charge in [-0.1, -0.05) is 12.1 Å². The van der Waals surface area contributed by atoms with Crippen molar-refractivity contribution in [2.24, 2.45) is 0 Å². The van der Waals surface area contributed by atoms with Gasteiger partial charge >= 0.3 is 0 Å². The van der Waals surface area contributed by atoms with Crippen molar-refractivity contribution in [1.82, 2.24) is 0 Å². The lowest BCUT2D eigenvalue weighted by Crippen LogP contribution is -2.27. The normalized spacial score (nSPS) is 18.3. The largest absolute Gasteiger partial charge is 0.497 e. The van der Waals surface area contributed by atoms with E-state index in [-0.39, 0.29) is 11.7 Å². The molecule has 140 valence electrons. The van der Waals surface area contributed by atoms with Gasteiger partial charge in [0.15, 0.2) is 17.3 Å². The minimum Gasteiger partial charge on any atom is -0.497 e. The van der Waals surface area contributed by atoms with Crippen LogP contribution in [0.5, 0.6) is 17.2 Å². The fraction of sp³-hybridized carbons (Fsp3) is 0.318. The van der Waals surface area contributed by atoms with E-state index < -0.39 is 0 Å². The summed E-state index contributed by atoms with van der Waals surface area (Å²) >= 11 is 0. The Balaban J connectivity index is 1.92. The molecule has 0 radical (unpaired) electrons. The van der Waals surface area contributed by atoms with Gasteiger partial charge < -0.3 is 19.5 Å². The number of rotatable bonds is 4. The molecule has 0 saturated carbocycles. The van der Waals surface area contributed by atoms with E-state index in [0.717, 1.165) is 46.7 Å². The maximum absolute atomic E-state index is 12.8. The SMILES string of the molecule is COc1ccc(C2C3=C(CCCC3=O)Nc3cc(OC)c(OC)cc32)cc1. The lowest BCUT2D eigenvalue weighted by atomic mass is 9.75. The Bertz CT molecular complexity index is 915. The lowest BCUT2D eigenvalue weighted by molar-refractivity contribution is -0.116. The molecule has 0 fully saturated rings. The first kappa shape index (κ1) is 17.5. The van der Waals surface area contributed by atoms with Crippen LogP contribution in [-0.2, 0) is 4.79 Å². The molecule has 1 unspecified atom stereocenters. The van der Waals surface area contributed by atoms with Crippen LogP contribution in [0, 0.1) is 0 Å². The van der Waals surface area contributed by atoms with Crippen LogP contribution in [0.2, 0.25) is 0 Å². The molecule has 2 aromatic rings. The van der Waals surface area contributed by atoms with Gasteiger partial charge in [0.25, 0.3) is 0 Å². The molecular weight excluding hydrogens is 342 g/mol. The highest BCUT2D eigenvalue weighted by molar-refractivity contribution is 6.01. The Labute approximate surface area is 158 Å². The fourth-order valence-corrected chi connectivity index (χ4v) is 4.03. The number of ketones is 1. The van der Waals surface area contributed by atoms with E-state index >= 15 is 0 Å². The Hall–Kier alpha value is -2.95. The van der Waals surface area contributed by atoms with Crippen LogP contribution in [0.3, 0.4) is 0 Å². The van der Waals surface area contributed by atoms with Crippen LogP contribution < -0.4 is 19.5 Å². The summed E-state index contributed by atoms with van der Waals surface area (Å²) in [6, 6.07) is 11.9. The van der Waals surface area contributed by atoms with E-state index in [4.69, 9.17) is 14.2 Å². The van der Waals surface area contributed by atoms with Crippen LogP contribution in [0.1, 0.15) is 36.3 Å². The number of carbonyl (C=O) groups is 1. The second-order valence-corrected chi connectivity index (χ2v) is 6.79. The number of anilines is 1. The minimum absolute atomic E-state index is 0.130. The smallest absolute Gasteiger partial charge is 0.162 e. The van der Waals surface area contributed by atoms with Crippen molar-refractivity contribution in [2.45, 2.75) is 25.2 Å². The molecule has 5 nitrogen and oxygen atoms in total. The monoisotopic (exact) mass is 365 g/mol. The molecule has 1 heterocycles. The number of Topliss-reactive ketones (excluding diaryl/α,β-unsaturated/α-hetero) is 1. The number of benzene rings is 2. The van der Waals surface area contributed by atoms with Gasteiger partial charge in [-0.25, -0.2) is 0 Å². The summed E-state index contributed by atoms with van der Waals surface area (Å²) in [5.74, 6) is 2.21. The van der Waals surface area contributed by atoms with Crippen molar-refractivity contribution < 1.29 is 19.0 Å². The van der Waals surface area contributed by atoms with Crippen molar-refractivity contribution in [2.75, 3.05) is 26.6 Å². The van der Waals surface area contributed by atoms with Crippen LogP contribution in [0.15, 0.2) is 47.7 Å². The molecule has 1 aliphatic heterocycles. The number of hydrogen-bond donors (Lipinski definition) is 1. The Kier molecular flexibility index (Phi) is 4.52. The molecule has 0 aromatic heterocycles. The molecule has 2 aromatic carbocycles. The molecule has 1 N–H and O–H groups in total. The zero-order valence-corrected chi connectivity index (χ0v) is 15.8. The summed E-state index contributed by atoms with van der Waals surface area (Å²) < 4.78 is 16.3. The van der Waals surface area contributed by atoms with Gasteiger partial charge in [-0.15, -0.1) is 0 Å². The highest BCUT2D eigenvalue weighted by Crippen LogP contribution is 2.48. The zero-order valence-electron chi connectivity index (χ0n) is 15.8. The predicted octanol–water partition coefficient (Wildman–Crippen LogP) is 4.28. The number of nitrogens with one attached hydrogen (secondary N) is 1. The molecule has 5 heteroatoms. The molecule has 0 saturated heterocycles. The molecular formula is C22H23NO4. The second kappa shape index (κ2) is 6.99. The second-order valence-electron chi connectivity index (χ2n) is 6.79. The van der Waals surface area contributed by atoms with Crippen molar-refractivity contribution in [3.8, 4) is 17.2 Å². The Morgan fingerprint density at radius 1 is 0.926 bits per heavy atom. The highest BCUT2D eigenvalue weighted by atomic mass is 16.5. The third kappa shape index (κ3) is 2.93. The van der Waals surface area contributed by atoms with Crippen LogP contribution >= 0.6 is 0 Å². The van der Waals surface area contributed by atoms with Gasteiger partial charge in [0.2, 0.25) is 0 Å². The Morgan fingerprint density at radius 2 is 1.63 bits per heavy atom. The van der Waals surface area contributed by atoms with Gasteiger partial charge in [0.05, 0.1) is 21.3 Å². The van der Waals surface area contributed by atoms with Crippen molar-refractivity contribution in [3.05, 3.63) is 58.8 Å². The summed E-state index contributed by atoms with van der Waals surface area (Å²) in [6.45, 7) is 0. The van der Waals surface area contributed by atoms with E-state index in [1.165, 1.54) is 0 Å². The molecule has 2 aliphatic rings. The van der Waals surface area contributed by atoms with E-state index in [1.54, 1.807) is 21.3 Å². The van der Waals surface area contributed by atoms with Crippen molar-refractivity contribution in [1.29, 1.82) is 0 Å². The lowest BCUT2D eigenvalue weighted by Gasteiger charge is -2.34. The predicted molar refractivity (Wildman–Crippen MR) is 104 cm³/mol. The molecule has 4 rings (SSSR count). The number of allylic oxidation sites excluding steroid dienone is 2. The number of carbonyl (C=O) groups excluding carboxylic acids is 1. The van der Waals surface area contributed by atoms with Crippen molar-refractivity contribution in [3.63, 3.8) is 0 Å². The van der Waals surface area contributed by atoms with Gasteiger partial charge in [-0.2, -0.15) is 0 Å². The first-order chi connectivity index (χ1) is 13.2. The van der Waals surface area contributed by atoms with E-state index in [9.17, 15) is 4.79 Å². The Morgan fingerprint density at radius 3 is 2.30 bits per heavy atom. The van der Waals surface area contributed by atoms with Crippen LogP contribution in [-0.4, -0.2) is 27.1 Å². The minimum atomic E-state index is -0.130. The summed E-state index contributed by atoms with van der Waals surface area (Å²) in [4.78, 5) is 12.8. The van der Waals surface area contributed by atoms with E-state index in [0.29, 0.717) is 17.9 Å². The third-order valence-electron chi connectivity index (χ3n) is 5.35. The molecule has 1 atom stereocenters. The first-order valence-electron chi connectivity index (χ1n) is 9.09. The van der Waals surface area contributed by atoms with Crippen LogP contribution in [0.4, 0.5) is 5.69 Å². The fourth-order valence-electron chi connectivity index (χ4n) is 4.03. The quantitative estimate of drug-likeness (QED) is 0.877. The average Bonchev–Trinajstić information content (AvgIpc) is 2.71. The molecule has 27 heavy (non-hydrogen) atoms. The number of hydrogen-bond acceptors (Lipinski definition) is 5. The topological polar surface area (TPSA) is 56.8 Å². The van der Waals surface area contributed by atoms with Gasteiger partial charge in [0, 0.05) is 35.4 Å².